The van der Waals surface area contributed by atoms with Crippen LogP contribution in [0.15, 0.2) is 53.3 Å². The van der Waals surface area contributed by atoms with E-state index in [9.17, 15) is 10.1 Å². The van der Waals surface area contributed by atoms with Gasteiger partial charge in [-0.25, -0.2) is 0 Å². The van der Waals surface area contributed by atoms with Crippen LogP contribution in [0.25, 0.3) is 0 Å². The molecule has 1 aromatic heterocycles. The highest BCUT2D eigenvalue weighted by molar-refractivity contribution is 9.10. The van der Waals surface area contributed by atoms with Gasteiger partial charge in [0, 0.05) is 22.8 Å². The third kappa shape index (κ3) is 3.89. The number of halogens is 1. The van der Waals surface area contributed by atoms with Crippen LogP contribution in [0, 0.1) is 11.3 Å². The Bertz CT molecular complexity index is 650. The fourth-order valence-corrected chi connectivity index (χ4v) is 2.55. The minimum absolute atomic E-state index is 0.102. The molecule has 106 valence electrons. The monoisotopic (exact) mass is 344 g/mol. The molecule has 2 aromatic rings. The van der Waals surface area contributed by atoms with Crippen LogP contribution in [0.5, 0.6) is 0 Å². The van der Waals surface area contributed by atoms with Gasteiger partial charge in [0.25, 0.3) is 0 Å². The van der Waals surface area contributed by atoms with Gasteiger partial charge in [0.05, 0.1) is 18.4 Å². The Morgan fingerprint density at radius 2 is 2.00 bits per heavy atom. The highest BCUT2D eigenvalue weighted by atomic mass is 79.9. The van der Waals surface area contributed by atoms with Crippen LogP contribution in [0.2, 0.25) is 0 Å². The minimum Gasteiger partial charge on any atom is -0.481 e. The topological polar surface area (TPSA) is 74.0 Å². The van der Waals surface area contributed by atoms with Gasteiger partial charge in [0.15, 0.2) is 0 Å². The standard InChI is InChI=1S/C16H13BrN2O2/c17-13-5-3-11(4-6-13)14(8-16(20)21)15(9-18)12-2-1-7-19-10-12/h1-7,10,14-15H,8H2,(H,20,21). The third-order valence-corrected chi connectivity index (χ3v) is 3.81. The first-order chi connectivity index (χ1) is 10.1. The summed E-state index contributed by atoms with van der Waals surface area (Å²) in [5.41, 5.74) is 1.56. The highest BCUT2D eigenvalue weighted by Crippen LogP contribution is 2.35. The molecule has 0 aliphatic carbocycles. The molecule has 4 nitrogen and oxygen atoms in total. The first-order valence-corrected chi connectivity index (χ1v) is 7.18. The number of aromatic nitrogens is 1. The van der Waals surface area contributed by atoms with Crippen LogP contribution in [0.4, 0.5) is 0 Å². The smallest absolute Gasteiger partial charge is 0.304 e. The van der Waals surface area contributed by atoms with E-state index in [1.807, 2.05) is 24.3 Å². The quantitative estimate of drug-likeness (QED) is 0.896. The molecular weight excluding hydrogens is 332 g/mol. The molecule has 2 rings (SSSR count). The van der Waals surface area contributed by atoms with Crippen molar-refractivity contribution in [1.29, 1.82) is 5.26 Å². The summed E-state index contributed by atoms with van der Waals surface area (Å²) in [5, 5.41) is 18.7. The second-order valence-electron chi connectivity index (χ2n) is 4.65. The van der Waals surface area contributed by atoms with Crippen LogP contribution in [0.1, 0.15) is 29.4 Å². The second kappa shape index (κ2) is 7.00. The predicted octanol–water partition coefficient (Wildman–Crippen LogP) is 3.71. The number of nitrogens with zero attached hydrogens (tertiary/aromatic N) is 2. The summed E-state index contributed by atoms with van der Waals surface area (Å²) in [7, 11) is 0. The van der Waals surface area contributed by atoms with Gasteiger partial charge in [0.1, 0.15) is 0 Å². The molecule has 1 heterocycles. The van der Waals surface area contributed by atoms with Crippen LogP contribution in [0.3, 0.4) is 0 Å². The molecule has 0 spiro atoms. The molecule has 0 amide bonds. The summed E-state index contributed by atoms with van der Waals surface area (Å²) in [5.74, 6) is -1.88. The maximum absolute atomic E-state index is 11.2. The van der Waals surface area contributed by atoms with Gasteiger partial charge in [-0.15, -0.1) is 0 Å². The van der Waals surface area contributed by atoms with E-state index < -0.39 is 17.8 Å². The number of hydrogen-bond acceptors (Lipinski definition) is 3. The molecule has 1 N–H and O–H groups in total. The average molecular weight is 345 g/mol. The number of hydrogen-bond donors (Lipinski definition) is 1. The van der Waals surface area contributed by atoms with E-state index in [0.29, 0.717) is 0 Å². The lowest BCUT2D eigenvalue weighted by atomic mass is 9.81. The van der Waals surface area contributed by atoms with Crippen molar-refractivity contribution in [3.05, 3.63) is 64.4 Å². The molecule has 0 radical (unpaired) electrons. The second-order valence-corrected chi connectivity index (χ2v) is 5.56. The molecule has 0 aliphatic heterocycles. The molecule has 2 atom stereocenters. The number of nitriles is 1. The Morgan fingerprint density at radius 1 is 1.29 bits per heavy atom. The zero-order valence-electron chi connectivity index (χ0n) is 11.1. The lowest BCUT2D eigenvalue weighted by Gasteiger charge is -2.21. The summed E-state index contributed by atoms with van der Waals surface area (Å²) in [6, 6.07) is 13.2. The maximum Gasteiger partial charge on any atom is 0.304 e. The summed E-state index contributed by atoms with van der Waals surface area (Å²) in [6.07, 6.45) is 3.14. The number of carboxylic acid groups (broad SMARTS) is 1. The van der Waals surface area contributed by atoms with Crippen molar-refractivity contribution in [1.82, 2.24) is 4.98 Å². The lowest BCUT2D eigenvalue weighted by Crippen LogP contribution is -2.14. The van der Waals surface area contributed by atoms with Crippen LogP contribution >= 0.6 is 15.9 Å². The van der Waals surface area contributed by atoms with E-state index in [1.54, 1.807) is 24.5 Å². The molecule has 21 heavy (non-hydrogen) atoms. The molecule has 1 aromatic carbocycles. The summed E-state index contributed by atoms with van der Waals surface area (Å²) in [6.45, 7) is 0. The molecule has 0 aliphatic rings. The summed E-state index contributed by atoms with van der Waals surface area (Å²) < 4.78 is 0.912. The average Bonchev–Trinajstić information content (AvgIpc) is 2.48. The van der Waals surface area contributed by atoms with E-state index in [4.69, 9.17) is 5.11 Å². The zero-order chi connectivity index (χ0) is 15.2. The first kappa shape index (κ1) is 15.2. The Kier molecular flexibility index (Phi) is 5.07. The lowest BCUT2D eigenvalue weighted by molar-refractivity contribution is -0.137. The van der Waals surface area contributed by atoms with Crippen molar-refractivity contribution in [2.75, 3.05) is 0 Å². The van der Waals surface area contributed by atoms with Gasteiger partial charge in [-0.2, -0.15) is 5.26 Å². The van der Waals surface area contributed by atoms with Crippen molar-refractivity contribution in [3.63, 3.8) is 0 Å². The highest BCUT2D eigenvalue weighted by Gasteiger charge is 2.27. The third-order valence-electron chi connectivity index (χ3n) is 3.28. The van der Waals surface area contributed by atoms with Crippen molar-refractivity contribution in [2.24, 2.45) is 0 Å². The zero-order valence-corrected chi connectivity index (χ0v) is 12.7. The molecular formula is C16H13BrN2O2. The first-order valence-electron chi connectivity index (χ1n) is 6.38. The molecule has 0 bridgehead atoms. The van der Waals surface area contributed by atoms with Crippen molar-refractivity contribution >= 4 is 21.9 Å². The Morgan fingerprint density at radius 3 is 2.52 bits per heavy atom. The number of carboxylic acids is 1. The molecule has 2 unspecified atom stereocenters. The van der Waals surface area contributed by atoms with E-state index in [-0.39, 0.29) is 6.42 Å². The van der Waals surface area contributed by atoms with Crippen molar-refractivity contribution < 1.29 is 9.90 Å². The van der Waals surface area contributed by atoms with Gasteiger partial charge < -0.3 is 5.11 Å². The van der Waals surface area contributed by atoms with Crippen LogP contribution < -0.4 is 0 Å². The minimum atomic E-state index is -0.924. The molecule has 0 saturated heterocycles. The number of benzene rings is 1. The van der Waals surface area contributed by atoms with Gasteiger partial charge in [-0.05, 0) is 29.3 Å². The molecule has 0 fully saturated rings. The van der Waals surface area contributed by atoms with E-state index in [0.717, 1.165) is 15.6 Å². The Balaban J connectivity index is 2.41. The normalized spacial score (nSPS) is 13.1. The van der Waals surface area contributed by atoms with Gasteiger partial charge in [-0.3, -0.25) is 9.78 Å². The van der Waals surface area contributed by atoms with Crippen molar-refractivity contribution in [2.45, 2.75) is 18.3 Å². The number of aliphatic carboxylic acids is 1. The number of pyridine rings is 1. The van der Waals surface area contributed by atoms with Crippen LogP contribution in [-0.2, 0) is 4.79 Å². The van der Waals surface area contributed by atoms with Crippen LogP contribution in [-0.4, -0.2) is 16.1 Å². The number of rotatable bonds is 5. The van der Waals surface area contributed by atoms with E-state index in [2.05, 4.69) is 27.0 Å². The molecule has 0 saturated carbocycles. The summed E-state index contributed by atoms with van der Waals surface area (Å²) >= 11 is 3.35. The SMILES string of the molecule is N#CC(c1cccnc1)C(CC(=O)O)c1ccc(Br)cc1. The van der Waals surface area contributed by atoms with E-state index >= 15 is 0 Å². The van der Waals surface area contributed by atoms with E-state index in [1.165, 1.54) is 0 Å². The van der Waals surface area contributed by atoms with Gasteiger partial charge in [-0.1, -0.05) is 34.1 Å². The predicted molar refractivity (Wildman–Crippen MR) is 81.7 cm³/mol. The Labute approximate surface area is 131 Å². The van der Waals surface area contributed by atoms with Crippen molar-refractivity contribution in [3.8, 4) is 6.07 Å². The van der Waals surface area contributed by atoms with Gasteiger partial charge in [0.2, 0.25) is 0 Å². The largest absolute Gasteiger partial charge is 0.481 e. The fourth-order valence-electron chi connectivity index (χ4n) is 2.28. The fraction of sp³-hybridized carbons (Fsp3) is 0.188. The molecule has 5 heteroatoms. The summed E-state index contributed by atoms with van der Waals surface area (Å²) in [4.78, 5) is 15.2. The Hall–Kier alpha value is -2.19. The number of carbonyl (C=O) groups is 1. The maximum atomic E-state index is 11.2. The van der Waals surface area contributed by atoms with Gasteiger partial charge >= 0.3 is 5.97 Å².